The number of para-hydroxylation sites is 2. The molecule has 5 heteroatoms. The van der Waals surface area contributed by atoms with Gasteiger partial charge in [0, 0.05) is 42.1 Å². The first kappa shape index (κ1) is 41.4. The summed E-state index contributed by atoms with van der Waals surface area (Å²) in [6.07, 6.45) is 1.79. The Balaban J connectivity index is 0.000000325. The number of benzene rings is 7. The molecule has 0 bridgehead atoms. The van der Waals surface area contributed by atoms with Gasteiger partial charge in [0.05, 0.1) is 16.9 Å². The molecule has 1 aliphatic carbocycles. The van der Waals surface area contributed by atoms with Crippen LogP contribution < -0.4 is 0 Å². The summed E-state index contributed by atoms with van der Waals surface area (Å²) in [6.45, 7) is 14.0. The van der Waals surface area contributed by atoms with Crippen molar-refractivity contribution in [2.45, 2.75) is 58.8 Å². The average Bonchev–Trinajstić information content (AvgIpc) is 3.94. The topological polar surface area (TPSA) is 30.7 Å². The van der Waals surface area contributed by atoms with Crippen LogP contribution in [-0.4, -0.2) is 14.5 Å². The number of pyridine rings is 1. The van der Waals surface area contributed by atoms with E-state index in [2.05, 4.69) is 178 Å². The van der Waals surface area contributed by atoms with E-state index in [1.165, 1.54) is 70.4 Å². The van der Waals surface area contributed by atoms with E-state index in [0.29, 0.717) is 11.8 Å². The van der Waals surface area contributed by atoms with Crippen molar-refractivity contribution in [1.29, 1.82) is 0 Å². The fraction of sp³-hybridized carbons (Fsp3) is 0.158. The maximum Gasteiger partial charge on any atom is 0.0774 e. The number of aromatic nitrogens is 3. The number of thiophene rings is 1. The summed E-state index contributed by atoms with van der Waals surface area (Å²) in [6, 6.07) is 62.9. The van der Waals surface area contributed by atoms with E-state index in [1.807, 2.05) is 53.8 Å². The maximum atomic E-state index is 5.41. The number of rotatable bonds is 6. The molecule has 0 unspecified atom stereocenters. The van der Waals surface area contributed by atoms with Gasteiger partial charge in [0.25, 0.3) is 0 Å². The first-order valence-electron chi connectivity index (χ1n) is 21.3. The maximum absolute atomic E-state index is 5.41. The Kier molecular flexibility index (Phi) is 11.2. The molecule has 0 fully saturated rings. The molecule has 0 amide bonds. The molecular weight excluding hydrogens is 951 g/mol. The van der Waals surface area contributed by atoms with Crippen molar-refractivity contribution in [3.63, 3.8) is 0 Å². The van der Waals surface area contributed by atoms with Crippen LogP contribution in [0.1, 0.15) is 75.6 Å². The van der Waals surface area contributed by atoms with Gasteiger partial charge < -0.3 is 9.55 Å². The fourth-order valence-electron chi connectivity index (χ4n) is 9.21. The number of imidazole rings is 1. The smallest absolute Gasteiger partial charge is 0.0774 e. The van der Waals surface area contributed by atoms with Crippen molar-refractivity contribution in [2.24, 2.45) is 0 Å². The first-order chi connectivity index (χ1) is 29.7. The Morgan fingerprint density at radius 3 is 2.05 bits per heavy atom. The Bertz CT molecular complexity index is 3150. The predicted octanol–water partition coefficient (Wildman–Crippen LogP) is 15.6. The number of nitrogens with zero attached hydrogens (tertiary/aromatic N) is 3. The van der Waals surface area contributed by atoms with Crippen LogP contribution in [0.4, 0.5) is 0 Å². The first-order valence-corrected chi connectivity index (χ1v) is 22.1. The van der Waals surface area contributed by atoms with Crippen LogP contribution in [0.25, 0.3) is 81.8 Å². The van der Waals surface area contributed by atoms with E-state index in [9.17, 15) is 0 Å². The molecule has 0 atom stereocenters. The predicted molar refractivity (Wildman–Crippen MR) is 258 cm³/mol. The van der Waals surface area contributed by atoms with Crippen molar-refractivity contribution in [3.8, 4) is 50.6 Å². The molecule has 62 heavy (non-hydrogen) atoms. The number of hydrogen-bond acceptors (Lipinski definition) is 3. The summed E-state index contributed by atoms with van der Waals surface area (Å²) >= 11 is 1.87. The zero-order valence-corrected chi connectivity index (χ0v) is 39.0. The second-order valence-corrected chi connectivity index (χ2v) is 18.2. The molecule has 10 aromatic rings. The summed E-state index contributed by atoms with van der Waals surface area (Å²) in [5.41, 5.74) is 17.1. The molecule has 3 aromatic heterocycles. The third-order valence-electron chi connectivity index (χ3n) is 12.3. The normalized spacial score (nSPS) is 12.6. The van der Waals surface area contributed by atoms with Gasteiger partial charge in [-0.2, -0.15) is 11.3 Å². The minimum Gasteiger partial charge on any atom is -0.333 e. The molecule has 1 radical (unpaired) electrons. The number of fused-ring (bicyclic) bond motifs is 7. The third kappa shape index (κ3) is 7.12. The van der Waals surface area contributed by atoms with E-state index >= 15 is 0 Å². The SMILES string of the molecule is CC(C)c1cc(-c2ccccc2)cc(C(C)C)c1-n1c(-c2[c-]ccc3c2sc2cc4c(cc23)C(C)(C)c2ccccc2-4)nc2ccccc21.[Ir].[c-]1ccccc1-c1ccccn1. The summed E-state index contributed by atoms with van der Waals surface area (Å²) in [7, 11) is 0. The minimum absolute atomic E-state index is 0. The molecule has 3 heterocycles. The Morgan fingerprint density at radius 2 is 1.32 bits per heavy atom. The van der Waals surface area contributed by atoms with Crippen LogP contribution in [0.3, 0.4) is 0 Å². The fourth-order valence-corrected chi connectivity index (χ4v) is 10.4. The molecule has 307 valence electrons. The molecular formula is C57H47IrN3S-2. The van der Waals surface area contributed by atoms with E-state index < -0.39 is 0 Å². The standard InChI is InChI=1S/C46H39N2S.C11H8N.Ir/c1-27(2)34-23-30(29-15-8-7-9-16-29)24-35(28(3)4)43(34)48-41-22-13-12-21-40(41)47-45(48)33-19-14-18-32-37-25-39-36(26-42(37)49-44(32)33)31-17-10-11-20-38(31)46(39,5)6;1-2-6-10(7-3-1)11-8-4-5-9-12-11;/h7-18,20-28H,1-6H3;1-6,8-9H;/q2*-1;. The van der Waals surface area contributed by atoms with E-state index in [-0.39, 0.29) is 25.5 Å². The quantitative estimate of drug-likeness (QED) is 0.155. The van der Waals surface area contributed by atoms with Crippen molar-refractivity contribution in [2.75, 3.05) is 0 Å². The Morgan fingerprint density at radius 1 is 0.613 bits per heavy atom. The van der Waals surface area contributed by atoms with Crippen LogP contribution in [0.5, 0.6) is 0 Å². The van der Waals surface area contributed by atoms with Crippen LogP contribution in [0.2, 0.25) is 0 Å². The molecule has 7 aromatic carbocycles. The molecule has 1 aliphatic rings. The monoisotopic (exact) mass is 998 g/mol. The van der Waals surface area contributed by atoms with Gasteiger partial charge in [-0.15, -0.1) is 54.1 Å². The van der Waals surface area contributed by atoms with E-state index in [0.717, 1.165) is 33.7 Å². The van der Waals surface area contributed by atoms with Gasteiger partial charge in [-0.1, -0.05) is 131 Å². The van der Waals surface area contributed by atoms with E-state index in [1.54, 1.807) is 6.20 Å². The van der Waals surface area contributed by atoms with Crippen LogP contribution >= 0.6 is 11.3 Å². The number of hydrogen-bond donors (Lipinski definition) is 0. The van der Waals surface area contributed by atoms with Gasteiger partial charge in [-0.25, -0.2) is 0 Å². The van der Waals surface area contributed by atoms with Crippen molar-refractivity contribution in [3.05, 3.63) is 198 Å². The third-order valence-corrected chi connectivity index (χ3v) is 13.5. The van der Waals surface area contributed by atoms with Crippen molar-refractivity contribution in [1.82, 2.24) is 14.5 Å². The summed E-state index contributed by atoms with van der Waals surface area (Å²) in [5, 5.41) is 2.59. The van der Waals surface area contributed by atoms with E-state index in [4.69, 9.17) is 4.98 Å². The molecule has 0 spiro atoms. The van der Waals surface area contributed by atoms with Crippen LogP contribution in [-0.2, 0) is 25.5 Å². The summed E-state index contributed by atoms with van der Waals surface area (Å²) in [4.78, 5) is 9.63. The largest absolute Gasteiger partial charge is 0.333 e. The molecule has 11 rings (SSSR count). The van der Waals surface area contributed by atoms with Gasteiger partial charge in [0.1, 0.15) is 0 Å². The molecule has 0 saturated heterocycles. The van der Waals surface area contributed by atoms with Crippen molar-refractivity contribution >= 4 is 42.5 Å². The van der Waals surface area contributed by atoms with Gasteiger partial charge in [0.2, 0.25) is 0 Å². The molecule has 0 aliphatic heterocycles. The molecule has 3 nitrogen and oxygen atoms in total. The van der Waals surface area contributed by atoms with Crippen molar-refractivity contribution < 1.29 is 20.1 Å². The second kappa shape index (κ2) is 16.7. The zero-order valence-electron chi connectivity index (χ0n) is 35.8. The second-order valence-electron chi connectivity index (χ2n) is 17.2. The van der Waals surface area contributed by atoms with Gasteiger partial charge in [-0.3, -0.25) is 4.98 Å². The Labute approximate surface area is 382 Å². The van der Waals surface area contributed by atoms with Crippen LogP contribution in [0, 0.1) is 12.1 Å². The summed E-state index contributed by atoms with van der Waals surface area (Å²) < 4.78 is 4.99. The molecule has 0 N–H and O–H groups in total. The van der Waals surface area contributed by atoms with Crippen LogP contribution in [0.15, 0.2) is 164 Å². The van der Waals surface area contributed by atoms with Gasteiger partial charge in [0.15, 0.2) is 0 Å². The summed E-state index contributed by atoms with van der Waals surface area (Å²) in [5.74, 6) is 1.57. The van der Waals surface area contributed by atoms with Gasteiger partial charge in [-0.05, 0) is 115 Å². The Hall–Kier alpha value is -5.97. The zero-order chi connectivity index (χ0) is 41.8. The molecule has 0 saturated carbocycles. The van der Waals surface area contributed by atoms with Gasteiger partial charge >= 0.3 is 0 Å². The minimum atomic E-state index is -0.0432. The average molecular weight is 998 g/mol.